The van der Waals surface area contributed by atoms with Gasteiger partial charge >= 0.3 is 6.18 Å². The van der Waals surface area contributed by atoms with Gasteiger partial charge in [-0.2, -0.15) is 18.3 Å². The van der Waals surface area contributed by atoms with Gasteiger partial charge in [-0.15, -0.1) is 5.10 Å². The molecule has 25 heavy (non-hydrogen) atoms. The topological polar surface area (TPSA) is 77.6 Å². The van der Waals surface area contributed by atoms with Crippen LogP contribution in [0.15, 0.2) is 36.7 Å². The summed E-state index contributed by atoms with van der Waals surface area (Å²) < 4.78 is 40.2. The number of pyridine rings is 1. The van der Waals surface area contributed by atoms with Crippen LogP contribution in [0.5, 0.6) is 0 Å². The Hall–Kier alpha value is -2.88. The third-order valence-corrected chi connectivity index (χ3v) is 3.48. The monoisotopic (exact) mass is 370 g/mol. The minimum atomic E-state index is -4.60. The van der Waals surface area contributed by atoms with Crippen molar-refractivity contribution in [3.63, 3.8) is 0 Å². The van der Waals surface area contributed by atoms with E-state index in [1.807, 2.05) is 0 Å². The Morgan fingerprint density at radius 1 is 1.28 bits per heavy atom. The lowest BCUT2D eigenvalue weighted by Gasteiger charge is -2.04. The van der Waals surface area contributed by atoms with Gasteiger partial charge in [-0.3, -0.25) is 9.48 Å². The lowest BCUT2D eigenvalue weighted by molar-refractivity contribution is -0.143. The zero-order valence-electron chi connectivity index (χ0n) is 12.6. The summed E-state index contributed by atoms with van der Waals surface area (Å²) in [4.78, 5) is 16.1. The molecule has 1 N–H and O–H groups in total. The molecule has 7 nitrogen and oxygen atoms in total. The number of alkyl halides is 3. The predicted molar refractivity (Wildman–Crippen MR) is 82.5 cm³/mol. The Bertz CT molecular complexity index is 933. The Kier molecular flexibility index (Phi) is 4.21. The van der Waals surface area contributed by atoms with Crippen molar-refractivity contribution in [3.8, 4) is 5.82 Å². The maximum Gasteiger partial charge on any atom is 0.433 e. The number of halogens is 4. The van der Waals surface area contributed by atoms with E-state index in [0.29, 0.717) is 21.6 Å². The van der Waals surface area contributed by atoms with E-state index in [0.717, 1.165) is 7.05 Å². The number of carbonyl (C=O) groups is 1. The first kappa shape index (κ1) is 17.0. The number of hydrogen-bond acceptors (Lipinski definition) is 4. The molecule has 0 fully saturated rings. The van der Waals surface area contributed by atoms with E-state index in [2.05, 4.69) is 20.5 Å². The van der Waals surface area contributed by atoms with Crippen LogP contribution in [0.4, 0.5) is 19.0 Å². The van der Waals surface area contributed by atoms with Crippen molar-refractivity contribution in [2.24, 2.45) is 7.05 Å². The van der Waals surface area contributed by atoms with Gasteiger partial charge in [0.2, 0.25) is 0 Å². The van der Waals surface area contributed by atoms with Crippen molar-refractivity contribution >= 4 is 23.3 Å². The zero-order valence-corrected chi connectivity index (χ0v) is 13.4. The molecule has 11 heteroatoms. The summed E-state index contributed by atoms with van der Waals surface area (Å²) in [6.45, 7) is 0. The first-order valence-corrected chi connectivity index (χ1v) is 7.22. The average molecular weight is 371 g/mol. The van der Waals surface area contributed by atoms with Crippen LogP contribution in [0.3, 0.4) is 0 Å². The van der Waals surface area contributed by atoms with Gasteiger partial charge in [0.25, 0.3) is 5.91 Å². The molecule has 1 amide bonds. The van der Waals surface area contributed by atoms with Crippen LogP contribution in [-0.2, 0) is 13.2 Å². The van der Waals surface area contributed by atoms with Gasteiger partial charge in [-0.25, -0.2) is 9.67 Å². The second-order valence-corrected chi connectivity index (χ2v) is 5.35. The molecule has 130 valence electrons. The van der Waals surface area contributed by atoms with E-state index in [4.69, 9.17) is 11.6 Å². The van der Waals surface area contributed by atoms with Crippen LogP contribution >= 0.6 is 11.6 Å². The molecule has 3 rings (SSSR count). The van der Waals surface area contributed by atoms with E-state index in [9.17, 15) is 18.0 Å². The number of amides is 1. The maximum atomic E-state index is 12.8. The molecule has 0 unspecified atom stereocenters. The van der Waals surface area contributed by atoms with E-state index in [1.54, 1.807) is 12.1 Å². The largest absolute Gasteiger partial charge is 0.433 e. The number of aryl methyl sites for hydroxylation is 1. The maximum absolute atomic E-state index is 12.8. The van der Waals surface area contributed by atoms with E-state index >= 15 is 0 Å². The molecular weight excluding hydrogens is 361 g/mol. The number of carbonyl (C=O) groups excluding carboxylic acids is 1. The summed E-state index contributed by atoms with van der Waals surface area (Å²) in [5.74, 6) is -0.351. The van der Waals surface area contributed by atoms with Gasteiger partial charge in [0, 0.05) is 31.6 Å². The first-order valence-electron chi connectivity index (χ1n) is 6.85. The lowest BCUT2D eigenvalue weighted by Crippen LogP contribution is -2.14. The molecule has 3 aromatic heterocycles. The summed E-state index contributed by atoms with van der Waals surface area (Å²) in [6.07, 6.45) is -1.57. The summed E-state index contributed by atoms with van der Waals surface area (Å²) in [5.41, 5.74) is -1.40. The number of rotatable bonds is 3. The second kappa shape index (κ2) is 6.20. The van der Waals surface area contributed by atoms with Gasteiger partial charge in [0.1, 0.15) is 5.69 Å². The van der Waals surface area contributed by atoms with E-state index in [-0.39, 0.29) is 11.5 Å². The molecule has 3 heterocycles. The Labute approximate surface area is 144 Å². The molecule has 0 bridgehead atoms. The Balaban J connectivity index is 1.80. The van der Waals surface area contributed by atoms with Crippen molar-refractivity contribution in [1.82, 2.24) is 24.5 Å². The Morgan fingerprint density at radius 2 is 2.04 bits per heavy atom. The third-order valence-electron chi connectivity index (χ3n) is 3.19. The number of nitrogens with one attached hydrogen (secondary N) is 1. The van der Waals surface area contributed by atoms with Crippen molar-refractivity contribution in [1.29, 1.82) is 0 Å². The molecule has 0 aliphatic rings. The summed E-state index contributed by atoms with van der Waals surface area (Å²) in [7, 11) is 1.11. The van der Waals surface area contributed by atoms with E-state index < -0.39 is 17.8 Å². The van der Waals surface area contributed by atoms with Crippen molar-refractivity contribution < 1.29 is 18.0 Å². The molecule has 0 spiro atoms. The average Bonchev–Trinajstić information content (AvgIpc) is 3.14. The van der Waals surface area contributed by atoms with Crippen LogP contribution in [0, 0.1) is 0 Å². The molecule has 0 radical (unpaired) electrons. The van der Waals surface area contributed by atoms with Crippen LogP contribution in [-0.4, -0.2) is 30.5 Å². The number of aromatic nitrogens is 5. The second-order valence-electron chi connectivity index (χ2n) is 4.94. The fourth-order valence-corrected chi connectivity index (χ4v) is 2.29. The molecular formula is C14H10ClF3N6O. The highest BCUT2D eigenvalue weighted by Gasteiger charge is 2.35. The number of nitrogens with zero attached hydrogens (tertiary/aromatic N) is 5. The molecule has 0 saturated heterocycles. The Morgan fingerprint density at radius 3 is 2.68 bits per heavy atom. The summed E-state index contributed by atoms with van der Waals surface area (Å²) in [6, 6.07) is 5.40. The first-order chi connectivity index (χ1) is 11.8. The highest BCUT2D eigenvalue weighted by atomic mass is 35.5. The highest BCUT2D eigenvalue weighted by Crippen LogP contribution is 2.29. The molecule has 0 aromatic carbocycles. The predicted octanol–water partition coefficient (Wildman–Crippen LogP) is 2.93. The lowest BCUT2D eigenvalue weighted by atomic mass is 10.3. The summed E-state index contributed by atoms with van der Waals surface area (Å²) >= 11 is 6.00. The zero-order chi connectivity index (χ0) is 18.2. The molecule has 0 saturated carbocycles. The van der Waals surface area contributed by atoms with Crippen molar-refractivity contribution in [2.75, 3.05) is 5.32 Å². The van der Waals surface area contributed by atoms with Crippen molar-refractivity contribution in [2.45, 2.75) is 6.18 Å². The normalized spacial score (nSPS) is 11.6. The fraction of sp³-hybridized carbons (Fsp3) is 0.143. The quantitative estimate of drug-likeness (QED) is 0.769. The van der Waals surface area contributed by atoms with E-state index in [1.165, 1.54) is 23.1 Å². The molecule has 3 aromatic rings. The van der Waals surface area contributed by atoms with Gasteiger partial charge in [0.05, 0.1) is 5.02 Å². The third kappa shape index (κ3) is 3.48. The van der Waals surface area contributed by atoms with Crippen LogP contribution in [0.2, 0.25) is 5.02 Å². The minimum Gasteiger partial charge on any atom is -0.304 e. The molecule has 0 atom stereocenters. The van der Waals surface area contributed by atoms with Crippen LogP contribution in [0.25, 0.3) is 5.82 Å². The number of hydrogen-bond donors (Lipinski definition) is 1. The van der Waals surface area contributed by atoms with Gasteiger partial charge in [0.15, 0.2) is 17.3 Å². The van der Waals surface area contributed by atoms with Crippen LogP contribution in [0.1, 0.15) is 16.2 Å². The molecule has 0 aliphatic carbocycles. The standard InChI is InChI=1S/C14H10ClF3N6O/c1-23-10(14(16,17)18)7-9(21-23)13(25)20-11-4-6-24(22-11)12-8(15)3-2-5-19-12/h2-7H,1H3,(H,20,22,25). The SMILES string of the molecule is Cn1nc(C(=O)Nc2ccn(-c3ncccc3Cl)n2)cc1C(F)(F)F. The van der Waals surface area contributed by atoms with Gasteiger partial charge < -0.3 is 5.32 Å². The van der Waals surface area contributed by atoms with Crippen molar-refractivity contribution in [3.05, 3.63) is 53.1 Å². The number of anilines is 1. The van der Waals surface area contributed by atoms with Gasteiger partial charge in [-0.05, 0) is 12.1 Å². The minimum absolute atomic E-state index is 0.117. The van der Waals surface area contributed by atoms with Gasteiger partial charge in [-0.1, -0.05) is 11.6 Å². The summed E-state index contributed by atoms with van der Waals surface area (Å²) in [5, 5.41) is 10.4. The smallest absolute Gasteiger partial charge is 0.304 e. The molecule has 0 aliphatic heterocycles. The van der Waals surface area contributed by atoms with Crippen LogP contribution < -0.4 is 5.32 Å². The highest BCUT2D eigenvalue weighted by molar-refractivity contribution is 6.32. The fourth-order valence-electron chi connectivity index (χ4n) is 2.08.